The van der Waals surface area contributed by atoms with Gasteiger partial charge in [-0.25, -0.2) is 8.42 Å². The van der Waals surface area contributed by atoms with Crippen molar-refractivity contribution in [3.05, 3.63) is 33.9 Å². The van der Waals surface area contributed by atoms with E-state index in [0.717, 1.165) is 28.8 Å². The van der Waals surface area contributed by atoms with Gasteiger partial charge in [-0.15, -0.1) is 10.2 Å². The van der Waals surface area contributed by atoms with Crippen LogP contribution >= 0.6 is 23.1 Å². The Bertz CT molecular complexity index is 976. The van der Waals surface area contributed by atoms with E-state index in [2.05, 4.69) is 15.5 Å². The number of carbonyl (C=O) groups excluding carboxylic acids is 1. The summed E-state index contributed by atoms with van der Waals surface area (Å²) >= 11 is 2.71. The van der Waals surface area contributed by atoms with E-state index in [4.69, 9.17) is 0 Å². The first-order chi connectivity index (χ1) is 13.1. The largest absolute Gasteiger partial charge is 0.299 e. The number of anilines is 2. The van der Waals surface area contributed by atoms with Gasteiger partial charge >= 0.3 is 0 Å². The van der Waals surface area contributed by atoms with Crippen LogP contribution in [0.2, 0.25) is 0 Å². The van der Waals surface area contributed by atoms with Gasteiger partial charge in [0, 0.05) is 17.9 Å². The number of aryl methyl sites for hydroxylation is 1. The quantitative estimate of drug-likeness (QED) is 0.269. The highest BCUT2D eigenvalue weighted by Crippen LogP contribution is 2.28. The molecular weight excluding hydrogens is 426 g/mol. The molecule has 0 fully saturated rings. The maximum atomic E-state index is 12.4. The number of nitro benzene ring substituents is 1. The van der Waals surface area contributed by atoms with Crippen LogP contribution in [0.25, 0.3) is 0 Å². The molecule has 2 rings (SSSR count). The first-order valence-electron chi connectivity index (χ1n) is 8.10. The minimum Gasteiger partial charge on any atom is -0.299 e. The molecule has 0 atom stereocenters. The lowest BCUT2D eigenvalue weighted by Crippen LogP contribution is -2.37. The first kappa shape index (κ1) is 22.0. The molecule has 0 aliphatic rings. The lowest BCUT2D eigenvalue weighted by atomic mass is 10.2. The second-order valence-electron chi connectivity index (χ2n) is 5.77. The molecule has 0 unspecified atom stereocenters. The van der Waals surface area contributed by atoms with E-state index in [9.17, 15) is 23.3 Å². The highest BCUT2D eigenvalue weighted by Gasteiger charge is 2.25. The average molecular weight is 446 g/mol. The number of hydrogen-bond acceptors (Lipinski definition) is 9. The Labute approximate surface area is 170 Å². The van der Waals surface area contributed by atoms with Crippen molar-refractivity contribution in [1.82, 2.24) is 10.2 Å². The van der Waals surface area contributed by atoms with E-state index < -0.39 is 27.4 Å². The molecule has 152 valence electrons. The minimum absolute atomic E-state index is 0.0725. The van der Waals surface area contributed by atoms with E-state index >= 15 is 0 Å². The van der Waals surface area contributed by atoms with Crippen molar-refractivity contribution < 1.29 is 18.1 Å². The van der Waals surface area contributed by atoms with Crippen molar-refractivity contribution in [1.29, 1.82) is 0 Å². The minimum atomic E-state index is -3.86. The number of nitrogens with zero attached hydrogens (tertiary/aromatic N) is 4. The molecule has 1 amide bonds. The summed E-state index contributed by atoms with van der Waals surface area (Å²) in [7, 11) is -3.86. The summed E-state index contributed by atoms with van der Waals surface area (Å²) in [4.78, 5) is 22.8. The van der Waals surface area contributed by atoms with E-state index in [1.165, 1.54) is 35.2 Å². The number of hydrogen-bond donors (Lipinski definition) is 1. The maximum absolute atomic E-state index is 12.4. The Morgan fingerprint density at radius 2 is 2.11 bits per heavy atom. The summed E-state index contributed by atoms with van der Waals surface area (Å²) in [6.07, 6.45) is 1.90. The normalized spacial score (nSPS) is 11.2. The predicted octanol–water partition coefficient (Wildman–Crippen LogP) is 2.66. The van der Waals surface area contributed by atoms with Crippen molar-refractivity contribution in [3.63, 3.8) is 0 Å². The fraction of sp³-hybridized carbons (Fsp3) is 0.400. The van der Waals surface area contributed by atoms with Gasteiger partial charge in [0.1, 0.15) is 6.54 Å². The molecule has 0 spiro atoms. The molecule has 0 saturated carbocycles. The second kappa shape index (κ2) is 9.30. The van der Waals surface area contributed by atoms with Gasteiger partial charge in [-0.3, -0.25) is 24.5 Å². The molecule has 0 bridgehead atoms. The van der Waals surface area contributed by atoms with E-state index in [0.29, 0.717) is 9.90 Å². The van der Waals surface area contributed by atoms with Crippen LogP contribution in [0.5, 0.6) is 0 Å². The average Bonchev–Trinajstić information content (AvgIpc) is 3.04. The van der Waals surface area contributed by atoms with Crippen molar-refractivity contribution >= 4 is 55.5 Å². The molecule has 28 heavy (non-hydrogen) atoms. The van der Waals surface area contributed by atoms with Crippen molar-refractivity contribution in [2.75, 3.05) is 28.2 Å². The Morgan fingerprint density at radius 1 is 1.39 bits per heavy atom. The molecule has 13 heteroatoms. The third kappa shape index (κ3) is 5.87. The Kier molecular flexibility index (Phi) is 7.32. The number of benzene rings is 1. The van der Waals surface area contributed by atoms with Crippen molar-refractivity contribution in [2.24, 2.45) is 0 Å². The van der Waals surface area contributed by atoms with Crippen molar-refractivity contribution in [2.45, 2.75) is 24.6 Å². The molecule has 0 aliphatic carbocycles. The Balaban J connectivity index is 2.21. The first-order valence-corrected chi connectivity index (χ1v) is 11.8. The van der Waals surface area contributed by atoms with Crippen LogP contribution in [0.4, 0.5) is 16.5 Å². The molecule has 1 N–H and O–H groups in total. The number of thioether (sulfide) groups is 1. The zero-order valence-corrected chi connectivity index (χ0v) is 17.9. The molecule has 1 aromatic carbocycles. The highest BCUT2D eigenvalue weighted by atomic mass is 32.2. The monoisotopic (exact) mass is 445 g/mol. The number of sulfonamides is 1. The number of rotatable bonds is 9. The van der Waals surface area contributed by atoms with Crippen LogP contribution in [-0.2, 0) is 14.8 Å². The third-order valence-corrected chi connectivity index (χ3v) is 6.75. The zero-order chi connectivity index (χ0) is 20.9. The van der Waals surface area contributed by atoms with Crippen LogP contribution in [0.15, 0.2) is 22.5 Å². The lowest BCUT2D eigenvalue weighted by molar-refractivity contribution is -0.384. The van der Waals surface area contributed by atoms with Crippen LogP contribution in [0, 0.1) is 17.0 Å². The molecular formula is C15H19N5O5S3. The van der Waals surface area contributed by atoms with Crippen molar-refractivity contribution in [3.8, 4) is 0 Å². The number of nitrogens with one attached hydrogen (secondary N) is 1. The van der Waals surface area contributed by atoms with Crippen LogP contribution in [0.3, 0.4) is 0 Å². The number of amides is 1. The summed E-state index contributed by atoms with van der Waals surface area (Å²) in [5, 5.41) is 21.6. The molecule has 0 aliphatic heterocycles. The maximum Gasteiger partial charge on any atom is 0.271 e. The molecule has 1 heterocycles. The predicted molar refractivity (Wildman–Crippen MR) is 110 cm³/mol. The fourth-order valence-corrected chi connectivity index (χ4v) is 4.76. The smallest absolute Gasteiger partial charge is 0.271 e. The number of nitro groups is 1. The summed E-state index contributed by atoms with van der Waals surface area (Å²) in [5.74, 6) is 0.246. The van der Waals surface area contributed by atoms with E-state index in [-0.39, 0.29) is 16.5 Å². The molecule has 0 radical (unpaired) electrons. The zero-order valence-electron chi connectivity index (χ0n) is 15.4. The van der Waals surface area contributed by atoms with Gasteiger partial charge in [-0.1, -0.05) is 36.1 Å². The van der Waals surface area contributed by atoms with E-state index in [1.54, 1.807) is 6.92 Å². The van der Waals surface area contributed by atoms with Gasteiger partial charge in [0.05, 0.1) is 16.9 Å². The van der Waals surface area contributed by atoms with Gasteiger partial charge in [0.15, 0.2) is 4.34 Å². The third-order valence-electron chi connectivity index (χ3n) is 3.44. The Hall–Kier alpha value is -2.25. The standard InChI is InChI=1S/C15H19N5O5S3/c1-4-7-26-15-18-17-14(27-15)16-13(21)9-19(28(3,24)25)12-8-11(20(22)23)6-5-10(12)2/h5-6,8H,4,7,9H2,1-3H3,(H,16,17,21). The van der Waals surface area contributed by atoms with Gasteiger partial charge in [0.25, 0.3) is 5.69 Å². The van der Waals surface area contributed by atoms with Crippen LogP contribution in [0.1, 0.15) is 18.9 Å². The molecule has 2 aromatic rings. The molecule has 0 saturated heterocycles. The van der Waals surface area contributed by atoms with E-state index in [1.807, 2.05) is 6.92 Å². The van der Waals surface area contributed by atoms with Crippen LogP contribution < -0.4 is 9.62 Å². The summed E-state index contributed by atoms with van der Waals surface area (Å²) < 4.78 is 26.0. The lowest BCUT2D eigenvalue weighted by Gasteiger charge is -2.23. The fourth-order valence-electron chi connectivity index (χ4n) is 2.16. The molecule has 1 aromatic heterocycles. The summed E-state index contributed by atoms with van der Waals surface area (Å²) in [6, 6.07) is 3.84. The Morgan fingerprint density at radius 3 is 2.71 bits per heavy atom. The number of carbonyl (C=O) groups is 1. The van der Waals surface area contributed by atoms with Gasteiger partial charge < -0.3 is 0 Å². The highest BCUT2D eigenvalue weighted by molar-refractivity contribution is 8.01. The number of non-ortho nitro benzene ring substituents is 1. The second-order valence-corrected chi connectivity index (χ2v) is 9.99. The summed E-state index contributed by atoms with van der Waals surface area (Å²) in [5.41, 5.74) is 0.290. The van der Waals surface area contributed by atoms with Gasteiger partial charge in [-0.2, -0.15) is 0 Å². The molecule has 10 nitrogen and oxygen atoms in total. The number of aromatic nitrogens is 2. The summed E-state index contributed by atoms with van der Waals surface area (Å²) in [6.45, 7) is 3.10. The van der Waals surface area contributed by atoms with Crippen LogP contribution in [-0.4, -0.2) is 48.0 Å². The van der Waals surface area contributed by atoms with Gasteiger partial charge in [0.2, 0.25) is 21.1 Å². The van der Waals surface area contributed by atoms with Gasteiger partial charge in [-0.05, 0) is 18.9 Å². The SMILES string of the molecule is CCCSc1nnc(NC(=O)CN(c2cc([N+](=O)[O-])ccc2C)S(C)(=O)=O)s1. The topological polar surface area (TPSA) is 135 Å².